The summed E-state index contributed by atoms with van der Waals surface area (Å²) in [5.74, 6) is -0.938. The standard InChI is InChI=1S/C9H10ClNO2S/c10-5-3-6(14-4-5)9(1-2-9)7(11)8(12)13/h3-4,7H,1-2,11H2,(H,12,13). The van der Waals surface area contributed by atoms with Crippen molar-refractivity contribution >= 4 is 28.9 Å². The number of hydrogen-bond donors (Lipinski definition) is 2. The van der Waals surface area contributed by atoms with Gasteiger partial charge in [-0.3, -0.25) is 4.79 Å². The van der Waals surface area contributed by atoms with Crippen molar-refractivity contribution in [1.29, 1.82) is 0 Å². The maximum absolute atomic E-state index is 10.8. The van der Waals surface area contributed by atoms with Gasteiger partial charge in [0.05, 0.1) is 5.02 Å². The molecule has 1 heterocycles. The van der Waals surface area contributed by atoms with Gasteiger partial charge in [-0.15, -0.1) is 11.3 Å². The molecule has 1 fully saturated rings. The molecule has 0 saturated heterocycles. The quantitative estimate of drug-likeness (QED) is 0.835. The van der Waals surface area contributed by atoms with Crippen LogP contribution in [0.3, 0.4) is 0 Å². The Labute approximate surface area is 90.5 Å². The lowest BCUT2D eigenvalue weighted by Crippen LogP contribution is -2.41. The first-order valence-electron chi connectivity index (χ1n) is 4.29. The monoisotopic (exact) mass is 231 g/mol. The highest BCUT2D eigenvalue weighted by molar-refractivity contribution is 7.10. The molecule has 0 bridgehead atoms. The lowest BCUT2D eigenvalue weighted by molar-refractivity contribution is -0.139. The summed E-state index contributed by atoms with van der Waals surface area (Å²) in [5.41, 5.74) is 5.32. The van der Waals surface area contributed by atoms with Crippen LogP contribution in [0.2, 0.25) is 5.02 Å². The third kappa shape index (κ3) is 1.43. The molecule has 1 aliphatic rings. The normalized spacial score (nSPS) is 20.4. The predicted octanol–water partition coefficient (Wildman–Crippen LogP) is 1.84. The van der Waals surface area contributed by atoms with Crippen molar-refractivity contribution in [3.63, 3.8) is 0 Å². The SMILES string of the molecule is NC(C(=O)O)C1(c2cc(Cl)cs2)CC1. The molecule has 0 amide bonds. The Balaban J connectivity index is 2.29. The zero-order chi connectivity index (χ0) is 10.3. The van der Waals surface area contributed by atoms with Crippen molar-refractivity contribution in [3.05, 3.63) is 21.3 Å². The minimum Gasteiger partial charge on any atom is -0.480 e. The Morgan fingerprint density at radius 3 is 2.71 bits per heavy atom. The van der Waals surface area contributed by atoms with Crippen LogP contribution in [0.25, 0.3) is 0 Å². The highest BCUT2D eigenvalue weighted by atomic mass is 35.5. The number of hydrogen-bond acceptors (Lipinski definition) is 3. The molecule has 0 radical (unpaired) electrons. The molecular formula is C9H10ClNO2S. The minimum absolute atomic E-state index is 0.344. The van der Waals surface area contributed by atoms with Gasteiger partial charge in [-0.05, 0) is 18.9 Å². The van der Waals surface area contributed by atoms with Crippen molar-refractivity contribution in [2.75, 3.05) is 0 Å². The number of halogens is 1. The van der Waals surface area contributed by atoms with Gasteiger partial charge in [0.2, 0.25) is 0 Å². The smallest absolute Gasteiger partial charge is 0.321 e. The summed E-state index contributed by atoms with van der Waals surface area (Å²) >= 11 is 7.29. The van der Waals surface area contributed by atoms with Crippen molar-refractivity contribution in [2.24, 2.45) is 5.73 Å². The van der Waals surface area contributed by atoms with Gasteiger partial charge in [0, 0.05) is 15.7 Å². The van der Waals surface area contributed by atoms with Crippen LogP contribution in [0.5, 0.6) is 0 Å². The molecule has 0 aliphatic heterocycles. The number of thiophene rings is 1. The van der Waals surface area contributed by atoms with Crippen LogP contribution in [-0.4, -0.2) is 17.1 Å². The van der Waals surface area contributed by atoms with Crippen LogP contribution in [0, 0.1) is 0 Å². The molecule has 0 aromatic carbocycles. The maximum Gasteiger partial charge on any atom is 0.321 e. The van der Waals surface area contributed by atoms with E-state index in [4.69, 9.17) is 22.4 Å². The van der Waals surface area contributed by atoms with Gasteiger partial charge in [0.1, 0.15) is 6.04 Å². The second-order valence-electron chi connectivity index (χ2n) is 3.60. The molecule has 1 aromatic rings. The number of carboxylic acid groups (broad SMARTS) is 1. The second kappa shape index (κ2) is 3.22. The van der Waals surface area contributed by atoms with Gasteiger partial charge in [-0.1, -0.05) is 11.6 Å². The molecule has 3 N–H and O–H groups in total. The summed E-state index contributed by atoms with van der Waals surface area (Å²) < 4.78 is 0. The Morgan fingerprint density at radius 1 is 1.71 bits per heavy atom. The van der Waals surface area contributed by atoms with E-state index in [1.54, 1.807) is 0 Å². The van der Waals surface area contributed by atoms with Crippen LogP contribution < -0.4 is 5.73 Å². The average molecular weight is 232 g/mol. The first-order chi connectivity index (χ1) is 6.56. The minimum atomic E-state index is -0.938. The first kappa shape index (κ1) is 9.96. The van der Waals surface area contributed by atoms with E-state index in [1.165, 1.54) is 11.3 Å². The van der Waals surface area contributed by atoms with E-state index in [0.29, 0.717) is 5.02 Å². The Morgan fingerprint density at radius 2 is 2.36 bits per heavy atom. The summed E-state index contributed by atoms with van der Waals surface area (Å²) in [6.45, 7) is 0. The number of carboxylic acids is 1. The average Bonchev–Trinajstić information content (AvgIpc) is 2.83. The second-order valence-corrected chi connectivity index (χ2v) is 4.95. The van der Waals surface area contributed by atoms with E-state index in [0.717, 1.165) is 17.7 Å². The summed E-state index contributed by atoms with van der Waals surface area (Å²) in [4.78, 5) is 11.8. The molecule has 1 aromatic heterocycles. The summed E-state index contributed by atoms with van der Waals surface area (Å²) in [6.07, 6.45) is 1.69. The Kier molecular flexibility index (Phi) is 2.29. The van der Waals surface area contributed by atoms with E-state index in [2.05, 4.69) is 0 Å². The molecule has 14 heavy (non-hydrogen) atoms. The molecule has 1 saturated carbocycles. The number of nitrogens with two attached hydrogens (primary N) is 1. The van der Waals surface area contributed by atoms with Gasteiger partial charge in [-0.25, -0.2) is 0 Å². The van der Waals surface area contributed by atoms with Gasteiger partial charge in [0.15, 0.2) is 0 Å². The zero-order valence-electron chi connectivity index (χ0n) is 7.37. The highest BCUT2D eigenvalue weighted by Crippen LogP contribution is 2.52. The third-order valence-electron chi connectivity index (χ3n) is 2.71. The fourth-order valence-electron chi connectivity index (χ4n) is 1.66. The van der Waals surface area contributed by atoms with E-state index < -0.39 is 12.0 Å². The largest absolute Gasteiger partial charge is 0.480 e. The van der Waals surface area contributed by atoms with E-state index in [9.17, 15) is 4.79 Å². The highest BCUT2D eigenvalue weighted by Gasteiger charge is 2.53. The van der Waals surface area contributed by atoms with Crippen LogP contribution in [-0.2, 0) is 10.2 Å². The predicted molar refractivity (Wildman–Crippen MR) is 55.9 cm³/mol. The van der Waals surface area contributed by atoms with Crippen LogP contribution in [0.1, 0.15) is 17.7 Å². The van der Waals surface area contributed by atoms with Gasteiger partial charge in [0.25, 0.3) is 0 Å². The third-order valence-corrected chi connectivity index (χ3v) is 4.21. The van der Waals surface area contributed by atoms with Crippen molar-refractivity contribution in [2.45, 2.75) is 24.3 Å². The van der Waals surface area contributed by atoms with Gasteiger partial charge in [-0.2, -0.15) is 0 Å². The van der Waals surface area contributed by atoms with E-state index >= 15 is 0 Å². The van der Waals surface area contributed by atoms with Crippen molar-refractivity contribution in [3.8, 4) is 0 Å². The van der Waals surface area contributed by atoms with Crippen LogP contribution in [0.4, 0.5) is 0 Å². The number of rotatable bonds is 3. The summed E-state index contributed by atoms with van der Waals surface area (Å²) in [7, 11) is 0. The van der Waals surface area contributed by atoms with Crippen molar-refractivity contribution in [1.82, 2.24) is 0 Å². The number of carbonyl (C=O) groups is 1. The fraction of sp³-hybridized carbons (Fsp3) is 0.444. The topological polar surface area (TPSA) is 63.3 Å². The van der Waals surface area contributed by atoms with Crippen molar-refractivity contribution < 1.29 is 9.90 Å². The molecule has 2 rings (SSSR count). The molecule has 3 nitrogen and oxygen atoms in total. The first-order valence-corrected chi connectivity index (χ1v) is 5.55. The molecule has 5 heteroatoms. The van der Waals surface area contributed by atoms with E-state index in [-0.39, 0.29) is 5.41 Å². The lowest BCUT2D eigenvalue weighted by Gasteiger charge is -2.17. The molecule has 1 unspecified atom stereocenters. The van der Waals surface area contributed by atoms with Gasteiger partial charge < -0.3 is 10.8 Å². The fourth-order valence-corrected chi connectivity index (χ4v) is 3.03. The van der Waals surface area contributed by atoms with E-state index in [1.807, 2.05) is 11.4 Å². The molecule has 1 atom stereocenters. The maximum atomic E-state index is 10.8. The summed E-state index contributed by atoms with van der Waals surface area (Å²) in [6, 6.07) is 1.01. The molecule has 1 aliphatic carbocycles. The molecular weight excluding hydrogens is 222 g/mol. The van der Waals surface area contributed by atoms with Crippen LogP contribution >= 0.6 is 22.9 Å². The molecule has 76 valence electrons. The molecule has 0 spiro atoms. The van der Waals surface area contributed by atoms with Crippen LogP contribution in [0.15, 0.2) is 11.4 Å². The zero-order valence-corrected chi connectivity index (χ0v) is 8.94. The Bertz CT molecular complexity index is 373. The van der Waals surface area contributed by atoms with Gasteiger partial charge >= 0.3 is 5.97 Å². The number of aliphatic carboxylic acids is 1. The Hall–Kier alpha value is -0.580. The lowest BCUT2D eigenvalue weighted by atomic mass is 9.95. The summed E-state index contributed by atoms with van der Waals surface area (Å²) in [5, 5.41) is 11.3.